The number of hydrogen-bond acceptors (Lipinski definition) is 5. The van der Waals surface area contributed by atoms with Gasteiger partial charge in [0.25, 0.3) is 11.5 Å². The second-order valence-corrected chi connectivity index (χ2v) is 9.37. The Morgan fingerprint density at radius 1 is 1.23 bits per heavy atom. The summed E-state index contributed by atoms with van der Waals surface area (Å²) in [5, 5.41) is 13.9. The highest BCUT2D eigenvalue weighted by Crippen LogP contribution is 2.21. The predicted octanol–water partition coefficient (Wildman–Crippen LogP) is 5.31. The SMILES string of the molecule is Cc1ccc(/C=C/c2nc(C(=O)NCc3cc(Cl)cc(Cl)c3)c(O)c(=O)n2C(C)C)s1. The molecule has 1 amide bonds. The maximum atomic E-state index is 12.8. The highest BCUT2D eigenvalue weighted by molar-refractivity contribution is 7.12. The number of hydrogen-bond donors (Lipinski definition) is 2. The fourth-order valence-corrected chi connectivity index (χ4v) is 4.35. The van der Waals surface area contributed by atoms with Crippen molar-refractivity contribution in [2.75, 3.05) is 0 Å². The van der Waals surface area contributed by atoms with E-state index in [1.54, 1.807) is 49.5 Å². The number of amides is 1. The van der Waals surface area contributed by atoms with E-state index in [-0.39, 0.29) is 24.1 Å². The number of halogens is 2. The number of aromatic hydroxyl groups is 1. The van der Waals surface area contributed by atoms with Gasteiger partial charge in [0.2, 0.25) is 5.75 Å². The van der Waals surface area contributed by atoms with Crippen LogP contribution in [0.4, 0.5) is 0 Å². The number of aryl methyl sites for hydroxylation is 1. The molecule has 3 rings (SSSR count). The predicted molar refractivity (Wildman–Crippen MR) is 126 cm³/mol. The number of aromatic nitrogens is 2. The van der Waals surface area contributed by atoms with Gasteiger partial charge in [-0.05, 0) is 68.8 Å². The molecule has 2 heterocycles. The van der Waals surface area contributed by atoms with Crippen LogP contribution in [0.2, 0.25) is 10.0 Å². The second kappa shape index (κ2) is 9.68. The van der Waals surface area contributed by atoms with Crippen molar-refractivity contribution in [3.8, 4) is 5.75 Å². The lowest BCUT2D eigenvalue weighted by atomic mass is 10.2. The maximum absolute atomic E-state index is 12.8. The molecule has 2 aromatic heterocycles. The van der Waals surface area contributed by atoms with Crippen molar-refractivity contribution < 1.29 is 9.90 Å². The summed E-state index contributed by atoms with van der Waals surface area (Å²) in [5.41, 5.74) is -0.339. The Morgan fingerprint density at radius 3 is 2.48 bits per heavy atom. The summed E-state index contributed by atoms with van der Waals surface area (Å²) in [4.78, 5) is 31.9. The van der Waals surface area contributed by atoms with Crippen molar-refractivity contribution in [2.24, 2.45) is 0 Å². The molecule has 162 valence electrons. The highest BCUT2D eigenvalue weighted by Gasteiger charge is 2.21. The Kier molecular flexibility index (Phi) is 7.20. The molecule has 2 N–H and O–H groups in total. The molecule has 31 heavy (non-hydrogen) atoms. The van der Waals surface area contributed by atoms with Gasteiger partial charge in [-0.3, -0.25) is 14.2 Å². The van der Waals surface area contributed by atoms with Crippen molar-refractivity contribution in [1.82, 2.24) is 14.9 Å². The van der Waals surface area contributed by atoms with E-state index < -0.39 is 17.2 Å². The van der Waals surface area contributed by atoms with Crippen LogP contribution in [0.1, 0.15) is 51.5 Å². The van der Waals surface area contributed by atoms with Crippen molar-refractivity contribution in [2.45, 2.75) is 33.4 Å². The van der Waals surface area contributed by atoms with Crippen LogP contribution in [0.5, 0.6) is 5.75 Å². The van der Waals surface area contributed by atoms with Crippen LogP contribution in [-0.2, 0) is 6.54 Å². The molecule has 0 aliphatic carbocycles. The molecule has 0 unspecified atom stereocenters. The summed E-state index contributed by atoms with van der Waals surface area (Å²) in [6.45, 7) is 5.71. The zero-order chi connectivity index (χ0) is 22.7. The van der Waals surface area contributed by atoms with E-state index in [2.05, 4.69) is 10.3 Å². The Balaban J connectivity index is 1.93. The number of benzene rings is 1. The van der Waals surface area contributed by atoms with E-state index in [1.807, 2.05) is 25.1 Å². The molecule has 0 fully saturated rings. The largest absolute Gasteiger partial charge is 0.501 e. The summed E-state index contributed by atoms with van der Waals surface area (Å²) in [6, 6.07) is 8.59. The summed E-state index contributed by atoms with van der Waals surface area (Å²) in [6.07, 6.45) is 3.49. The minimum Gasteiger partial charge on any atom is -0.501 e. The number of carbonyl (C=O) groups is 1. The first kappa shape index (κ1) is 23.1. The smallest absolute Gasteiger partial charge is 0.297 e. The summed E-state index contributed by atoms with van der Waals surface area (Å²) in [7, 11) is 0. The normalized spacial score (nSPS) is 11.4. The van der Waals surface area contributed by atoms with E-state index in [9.17, 15) is 14.7 Å². The third kappa shape index (κ3) is 5.55. The zero-order valence-electron chi connectivity index (χ0n) is 17.1. The van der Waals surface area contributed by atoms with E-state index in [4.69, 9.17) is 23.2 Å². The monoisotopic (exact) mass is 477 g/mol. The van der Waals surface area contributed by atoms with E-state index in [0.29, 0.717) is 15.6 Å². The van der Waals surface area contributed by atoms with Crippen LogP contribution in [-0.4, -0.2) is 20.6 Å². The lowest BCUT2D eigenvalue weighted by Crippen LogP contribution is -2.31. The standard InChI is InChI=1S/C22H21Cl2N3O3S/c1-12(2)27-18(7-6-17-5-4-13(3)31-17)26-19(20(28)22(27)30)21(29)25-11-14-8-15(23)10-16(24)9-14/h4-10,12,28H,11H2,1-3H3,(H,25,29)/b7-6+. The Labute approximate surface area is 193 Å². The van der Waals surface area contributed by atoms with Crippen molar-refractivity contribution >= 4 is 52.6 Å². The number of carbonyl (C=O) groups excluding carboxylic acids is 1. The molecule has 0 bridgehead atoms. The fraction of sp³-hybridized carbons (Fsp3) is 0.227. The van der Waals surface area contributed by atoms with E-state index in [1.165, 1.54) is 4.57 Å². The number of nitrogens with zero attached hydrogens (tertiary/aromatic N) is 2. The van der Waals surface area contributed by atoms with Crippen molar-refractivity contribution in [1.29, 1.82) is 0 Å². The van der Waals surface area contributed by atoms with E-state index in [0.717, 1.165) is 9.75 Å². The van der Waals surface area contributed by atoms with Gasteiger partial charge < -0.3 is 10.4 Å². The molecule has 0 spiro atoms. The minimum atomic E-state index is -0.695. The topological polar surface area (TPSA) is 84.2 Å². The highest BCUT2D eigenvalue weighted by atomic mass is 35.5. The van der Waals surface area contributed by atoms with Gasteiger partial charge >= 0.3 is 0 Å². The molecular weight excluding hydrogens is 457 g/mol. The third-order valence-electron chi connectivity index (χ3n) is 4.38. The molecule has 0 atom stereocenters. The first-order valence-corrected chi connectivity index (χ1v) is 11.1. The Bertz CT molecular complexity index is 1190. The molecule has 0 radical (unpaired) electrons. The minimum absolute atomic E-state index is 0.104. The van der Waals surface area contributed by atoms with Gasteiger partial charge in [-0.1, -0.05) is 23.2 Å². The molecule has 0 aliphatic rings. The first-order valence-electron chi connectivity index (χ1n) is 9.49. The Hall–Kier alpha value is -2.61. The van der Waals surface area contributed by atoms with Gasteiger partial charge in [0.1, 0.15) is 5.82 Å². The van der Waals surface area contributed by atoms with Gasteiger partial charge in [-0.25, -0.2) is 4.98 Å². The average Bonchev–Trinajstić information content (AvgIpc) is 3.11. The van der Waals surface area contributed by atoms with Gasteiger partial charge in [0.05, 0.1) is 0 Å². The van der Waals surface area contributed by atoms with Gasteiger partial charge in [-0.15, -0.1) is 11.3 Å². The van der Waals surface area contributed by atoms with Crippen LogP contribution < -0.4 is 10.9 Å². The van der Waals surface area contributed by atoms with Crippen molar-refractivity contribution in [3.63, 3.8) is 0 Å². The molecule has 3 aromatic rings. The number of nitrogens with one attached hydrogen (secondary N) is 1. The summed E-state index contributed by atoms with van der Waals surface area (Å²) >= 11 is 13.6. The molecule has 0 aliphatic heterocycles. The average molecular weight is 478 g/mol. The van der Waals surface area contributed by atoms with Crippen LogP contribution in [0.15, 0.2) is 35.1 Å². The van der Waals surface area contributed by atoms with Crippen LogP contribution in [0, 0.1) is 6.92 Å². The van der Waals surface area contributed by atoms with Crippen molar-refractivity contribution in [3.05, 3.63) is 77.6 Å². The number of rotatable bonds is 6. The quantitative estimate of drug-likeness (QED) is 0.503. The van der Waals surface area contributed by atoms with Crippen LogP contribution in [0.3, 0.4) is 0 Å². The molecule has 6 nitrogen and oxygen atoms in total. The molecule has 0 saturated heterocycles. The second-order valence-electron chi connectivity index (χ2n) is 7.18. The van der Waals surface area contributed by atoms with Gasteiger partial charge in [0.15, 0.2) is 5.69 Å². The van der Waals surface area contributed by atoms with Crippen LogP contribution in [0.25, 0.3) is 12.2 Å². The molecule has 1 aromatic carbocycles. The lowest BCUT2D eigenvalue weighted by Gasteiger charge is -2.15. The lowest BCUT2D eigenvalue weighted by molar-refractivity contribution is 0.0942. The number of thiophene rings is 1. The summed E-state index contributed by atoms with van der Waals surface area (Å²) in [5.74, 6) is -1.09. The zero-order valence-corrected chi connectivity index (χ0v) is 19.5. The fourth-order valence-electron chi connectivity index (χ4n) is 2.99. The molecule has 9 heteroatoms. The Morgan fingerprint density at radius 2 is 1.90 bits per heavy atom. The third-order valence-corrected chi connectivity index (χ3v) is 5.79. The molecule has 0 saturated carbocycles. The van der Waals surface area contributed by atoms with E-state index >= 15 is 0 Å². The molecular formula is C22H21Cl2N3O3S. The summed E-state index contributed by atoms with van der Waals surface area (Å²) < 4.78 is 1.35. The maximum Gasteiger partial charge on any atom is 0.297 e. The van der Waals surface area contributed by atoms with Gasteiger partial charge in [-0.2, -0.15) is 0 Å². The van der Waals surface area contributed by atoms with Gasteiger partial charge in [0, 0.05) is 32.4 Å². The van der Waals surface area contributed by atoms with Crippen LogP contribution >= 0.6 is 34.5 Å². The first-order chi connectivity index (χ1) is 14.7.